The van der Waals surface area contributed by atoms with Gasteiger partial charge in [-0.3, -0.25) is 13.9 Å². The molecule has 1 N–H and O–H groups in total. The third-order valence-corrected chi connectivity index (χ3v) is 8.22. The molecule has 0 saturated carbocycles. The van der Waals surface area contributed by atoms with Crippen LogP contribution in [-0.4, -0.2) is 44.8 Å². The van der Waals surface area contributed by atoms with Crippen molar-refractivity contribution in [2.45, 2.75) is 31.3 Å². The molecule has 0 heterocycles. The number of benzene rings is 3. The van der Waals surface area contributed by atoms with Crippen LogP contribution in [0.1, 0.15) is 18.1 Å². The van der Waals surface area contributed by atoms with Crippen molar-refractivity contribution in [3.05, 3.63) is 94.0 Å². The van der Waals surface area contributed by atoms with E-state index in [1.54, 1.807) is 25.1 Å². The summed E-state index contributed by atoms with van der Waals surface area (Å²) in [6, 6.07) is 18.8. The third-order valence-electron chi connectivity index (χ3n) is 5.69. The molecule has 0 aromatic heterocycles. The minimum Gasteiger partial charge on any atom is -0.357 e. The van der Waals surface area contributed by atoms with Crippen LogP contribution >= 0.6 is 23.2 Å². The van der Waals surface area contributed by atoms with E-state index in [1.807, 2.05) is 31.2 Å². The number of carbonyl (C=O) groups excluding carboxylic acids is 2. The van der Waals surface area contributed by atoms with Gasteiger partial charge in [0.15, 0.2) is 0 Å². The summed E-state index contributed by atoms with van der Waals surface area (Å²) in [6.07, 6.45) is 0. The van der Waals surface area contributed by atoms with E-state index >= 15 is 0 Å². The van der Waals surface area contributed by atoms with E-state index in [1.165, 1.54) is 42.3 Å². The number of sulfonamides is 1. The standard InChI is InChI=1S/C26H27Cl2N3O4S/c1-18-9-11-20(12-10-18)16-30(19(2)26(33)29-3)25(32)17-31(21-13-14-23(27)24(28)15-21)36(34,35)22-7-5-4-6-8-22/h4-15,19H,16-17H2,1-3H3,(H,29,33)/t19-/m0/s1. The lowest BCUT2D eigenvalue weighted by Crippen LogP contribution is -2.50. The van der Waals surface area contributed by atoms with E-state index in [9.17, 15) is 18.0 Å². The van der Waals surface area contributed by atoms with Crippen LogP contribution in [0.5, 0.6) is 0 Å². The topological polar surface area (TPSA) is 86.8 Å². The Morgan fingerprint density at radius 2 is 1.58 bits per heavy atom. The zero-order valence-electron chi connectivity index (χ0n) is 20.1. The molecule has 0 fully saturated rings. The highest BCUT2D eigenvalue weighted by molar-refractivity contribution is 7.92. The molecule has 36 heavy (non-hydrogen) atoms. The molecule has 0 aliphatic rings. The first-order valence-corrected chi connectivity index (χ1v) is 13.3. The van der Waals surface area contributed by atoms with E-state index in [0.717, 1.165) is 15.4 Å². The summed E-state index contributed by atoms with van der Waals surface area (Å²) < 4.78 is 28.3. The molecule has 0 bridgehead atoms. The maximum absolute atomic E-state index is 13.7. The normalized spacial score (nSPS) is 12.0. The number of carbonyl (C=O) groups is 2. The average Bonchev–Trinajstić information content (AvgIpc) is 2.88. The fraction of sp³-hybridized carbons (Fsp3) is 0.231. The average molecular weight is 548 g/mol. The summed E-state index contributed by atoms with van der Waals surface area (Å²) in [4.78, 5) is 27.5. The van der Waals surface area contributed by atoms with Crippen molar-refractivity contribution < 1.29 is 18.0 Å². The lowest BCUT2D eigenvalue weighted by molar-refractivity contribution is -0.139. The molecule has 0 saturated heterocycles. The van der Waals surface area contributed by atoms with E-state index < -0.39 is 28.5 Å². The Bertz CT molecular complexity index is 1330. The van der Waals surface area contributed by atoms with Crippen molar-refractivity contribution in [3.63, 3.8) is 0 Å². The number of rotatable bonds is 9. The smallest absolute Gasteiger partial charge is 0.264 e. The predicted octanol–water partition coefficient (Wildman–Crippen LogP) is 4.66. The second-order valence-corrected chi connectivity index (χ2v) is 10.9. The number of likely N-dealkylation sites (N-methyl/N-ethyl adjacent to an activating group) is 1. The minimum atomic E-state index is -4.16. The largest absolute Gasteiger partial charge is 0.357 e. The highest BCUT2D eigenvalue weighted by Crippen LogP contribution is 2.30. The summed E-state index contributed by atoms with van der Waals surface area (Å²) in [5, 5.41) is 2.94. The highest BCUT2D eigenvalue weighted by atomic mass is 35.5. The number of aryl methyl sites for hydroxylation is 1. The monoisotopic (exact) mass is 547 g/mol. The van der Waals surface area contributed by atoms with Crippen LogP contribution in [0.15, 0.2) is 77.7 Å². The minimum absolute atomic E-state index is 0.00769. The van der Waals surface area contributed by atoms with E-state index in [-0.39, 0.29) is 33.1 Å². The first-order valence-electron chi connectivity index (χ1n) is 11.1. The van der Waals surface area contributed by atoms with Crippen molar-refractivity contribution in [3.8, 4) is 0 Å². The third kappa shape index (κ3) is 6.37. The van der Waals surface area contributed by atoms with Crippen LogP contribution in [0.2, 0.25) is 10.0 Å². The van der Waals surface area contributed by atoms with E-state index in [0.29, 0.717) is 0 Å². The van der Waals surface area contributed by atoms with Gasteiger partial charge in [0.05, 0.1) is 20.6 Å². The Morgan fingerprint density at radius 1 is 0.944 bits per heavy atom. The number of nitrogens with zero attached hydrogens (tertiary/aromatic N) is 2. The van der Waals surface area contributed by atoms with Gasteiger partial charge in [0, 0.05) is 13.6 Å². The van der Waals surface area contributed by atoms with Crippen molar-refractivity contribution in [2.24, 2.45) is 0 Å². The molecule has 0 aliphatic carbocycles. The highest BCUT2D eigenvalue weighted by Gasteiger charge is 2.32. The van der Waals surface area contributed by atoms with Crippen LogP contribution in [0.3, 0.4) is 0 Å². The molecule has 3 rings (SSSR count). The number of hydrogen-bond acceptors (Lipinski definition) is 4. The molecule has 3 aromatic carbocycles. The molecular formula is C26H27Cl2N3O4S. The Hall–Kier alpha value is -3.07. The summed E-state index contributed by atoms with van der Waals surface area (Å²) in [6.45, 7) is 3.11. The first kappa shape index (κ1) is 27.5. The van der Waals surface area contributed by atoms with Crippen molar-refractivity contribution in [1.82, 2.24) is 10.2 Å². The summed E-state index contributed by atoms with van der Waals surface area (Å²) in [5.74, 6) is -0.931. The lowest BCUT2D eigenvalue weighted by Gasteiger charge is -2.32. The lowest BCUT2D eigenvalue weighted by atomic mass is 10.1. The second kappa shape index (κ2) is 11.8. The van der Waals surface area contributed by atoms with Gasteiger partial charge in [-0.05, 0) is 49.7 Å². The molecule has 0 spiro atoms. The van der Waals surface area contributed by atoms with Gasteiger partial charge in [0.25, 0.3) is 10.0 Å². The molecule has 7 nitrogen and oxygen atoms in total. The predicted molar refractivity (Wildman–Crippen MR) is 143 cm³/mol. The van der Waals surface area contributed by atoms with Gasteiger partial charge >= 0.3 is 0 Å². The Kier molecular flexibility index (Phi) is 9.00. The molecule has 1 atom stereocenters. The fourth-order valence-corrected chi connectivity index (χ4v) is 5.29. The van der Waals surface area contributed by atoms with E-state index in [2.05, 4.69) is 5.32 Å². The number of halogens is 2. The maximum Gasteiger partial charge on any atom is 0.264 e. The van der Waals surface area contributed by atoms with Gasteiger partial charge in [-0.2, -0.15) is 0 Å². The first-order chi connectivity index (χ1) is 17.0. The number of anilines is 1. The van der Waals surface area contributed by atoms with Crippen LogP contribution in [0.4, 0.5) is 5.69 Å². The Morgan fingerprint density at radius 3 is 2.17 bits per heavy atom. The van der Waals surface area contributed by atoms with Crippen molar-refractivity contribution in [2.75, 3.05) is 17.9 Å². The van der Waals surface area contributed by atoms with Gasteiger partial charge in [-0.25, -0.2) is 8.42 Å². The molecule has 0 unspecified atom stereocenters. The van der Waals surface area contributed by atoms with Gasteiger partial charge < -0.3 is 10.2 Å². The summed E-state index contributed by atoms with van der Waals surface area (Å²) in [7, 11) is -2.68. The van der Waals surface area contributed by atoms with Crippen LogP contribution in [-0.2, 0) is 26.2 Å². The molecule has 190 valence electrons. The van der Waals surface area contributed by atoms with Crippen LogP contribution in [0, 0.1) is 6.92 Å². The van der Waals surface area contributed by atoms with Crippen LogP contribution < -0.4 is 9.62 Å². The molecule has 10 heteroatoms. The molecular weight excluding hydrogens is 521 g/mol. The zero-order valence-corrected chi connectivity index (χ0v) is 22.4. The molecule has 0 aliphatic heterocycles. The van der Waals surface area contributed by atoms with Gasteiger partial charge in [0.1, 0.15) is 12.6 Å². The Balaban J connectivity index is 2.04. The number of nitrogens with one attached hydrogen (secondary N) is 1. The SMILES string of the molecule is CNC(=O)[C@H](C)N(Cc1ccc(C)cc1)C(=O)CN(c1ccc(Cl)c(Cl)c1)S(=O)(=O)c1ccccc1. The van der Waals surface area contributed by atoms with E-state index in [4.69, 9.17) is 23.2 Å². The molecule has 0 radical (unpaired) electrons. The number of amides is 2. The molecule has 2 amide bonds. The van der Waals surface area contributed by atoms with Crippen molar-refractivity contribution in [1.29, 1.82) is 0 Å². The second-order valence-electron chi connectivity index (χ2n) is 8.22. The van der Waals surface area contributed by atoms with Crippen molar-refractivity contribution >= 4 is 50.7 Å². The Labute approximate surface area is 221 Å². The summed E-state index contributed by atoms with van der Waals surface area (Å²) >= 11 is 12.2. The van der Waals surface area contributed by atoms with Gasteiger partial charge in [-0.1, -0.05) is 71.2 Å². The zero-order chi connectivity index (χ0) is 26.5. The fourth-order valence-electron chi connectivity index (χ4n) is 3.57. The van der Waals surface area contributed by atoms with Gasteiger partial charge in [-0.15, -0.1) is 0 Å². The quantitative estimate of drug-likeness (QED) is 0.422. The summed E-state index contributed by atoms with van der Waals surface area (Å²) in [5.41, 5.74) is 2.02. The van der Waals surface area contributed by atoms with Gasteiger partial charge in [0.2, 0.25) is 11.8 Å². The number of hydrogen-bond donors (Lipinski definition) is 1. The molecule has 3 aromatic rings. The maximum atomic E-state index is 13.7. The van der Waals surface area contributed by atoms with Crippen LogP contribution in [0.25, 0.3) is 0 Å².